The Hall–Kier alpha value is -1.39. The molecule has 1 N–H and O–H groups in total. The highest BCUT2D eigenvalue weighted by atomic mass is 16.5. The van der Waals surface area contributed by atoms with Crippen LogP contribution in [0.1, 0.15) is 25.5 Å². The van der Waals surface area contributed by atoms with Crippen LogP contribution in [-0.4, -0.2) is 41.8 Å². The number of aliphatic carboxylic acids is 1. The minimum atomic E-state index is -0.804. The van der Waals surface area contributed by atoms with E-state index in [9.17, 15) is 9.90 Å². The largest absolute Gasteiger partial charge is 0.480 e. The molecule has 104 valence electrons. The molecule has 1 saturated heterocycles. The van der Waals surface area contributed by atoms with Crippen molar-refractivity contribution in [1.29, 1.82) is 0 Å². The van der Waals surface area contributed by atoms with E-state index in [4.69, 9.17) is 4.74 Å². The fourth-order valence-corrected chi connectivity index (χ4v) is 2.77. The van der Waals surface area contributed by atoms with E-state index < -0.39 is 12.0 Å². The predicted molar refractivity (Wildman–Crippen MR) is 73.0 cm³/mol. The van der Waals surface area contributed by atoms with Gasteiger partial charge in [0.25, 0.3) is 0 Å². The molecule has 19 heavy (non-hydrogen) atoms. The molecule has 4 nitrogen and oxygen atoms in total. The number of morpholine rings is 1. The molecule has 0 amide bonds. The van der Waals surface area contributed by atoms with Crippen LogP contribution in [0.25, 0.3) is 0 Å². The molecular weight excluding hydrogens is 242 g/mol. The SMILES string of the molecule is CC(C)C(c1ccccc1)N1CCOCC1C(=O)O. The smallest absolute Gasteiger partial charge is 0.323 e. The van der Waals surface area contributed by atoms with Gasteiger partial charge in [-0.25, -0.2) is 0 Å². The first kappa shape index (κ1) is 14.0. The van der Waals surface area contributed by atoms with Gasteiger partial charge in [-0.3, -0.25) is 9.69 Å². The van der Waals surface area contributed by atoms with Crippen molar-refractivity contribution in [2.45, 2.75) is 25.9 Å². The lowest BCUT2D eigenvalue weighted by Crippen LogP contribution is -2.52. The first-order valence-electron chi connectivity index (χ1n) is 6.72. The van der Waals surface area contributed by atoms with Crippen LogP contribution in [0.5, 0.6) is 0 Å². The monoisotopic (exact) mass is 263 g/mol. The number of ether oxygens (including phenoxy) is 1. The molecule has 0 saturated carbocycles. The second kappa shape index (κ2) is 6.17. The van der Waals surface area contributed by atoms with Gasteiger partial charge in [0.15, 0.2) is 0 Å². The first-order chi connectivity index (χ1) is 9.11. The number of hydrogen-bond donors (Lipinski definition) is 1. The Morgan fingerprint density at radius 2 is 2.05 bits per heavy atom. The highest BCUT2D eigenvalue weighted by Gasteiger charge is 2.36. The fraction of sp³-hybridized carbons (Fsp3) is 0.533. The fourth-order valence-electron chi connectivity index (χ4n) is 2.77. The molecule has 2 rings (SSSR count). The van der Waals surface area contributed by atoms with Crippen molar-refractivity contribution >= 4 is 5.97 Å². The maximum Gasteiger partial charge on any atom is 0.323 e. The molecule has 2 atom stereocenters. The Kier molecular flexibility index (Phi) is 4.56. The molecular formula is C15H21NO3. The Morgan fingerprint density at radius 3 is 2.63 bits per heavy atom. The summed E-state index contributed by atoms with van der Waals surface area (Å²) in [5.41, 5.74) is 1.17. The molecule has 2 unspecified atom stereocenters. The number of rotatable bonds is 4. The topological polar surface area (TPSA) is 49.8 Å². The number of benzene rings is 1. The maximum absolute atomic E-state index is 11.4. The van der Waals surface area contributed by atoms with Gasteiger partial charge in [-0.2, -0.15) is 0 Å². The second-order valence-corrected chi connectivity index (χ2v) is 5.27. The highest BCUT2D eigenvalue weighted by Crippen LogP contribution is 2.31. The zero-order chi connectivity index (χ0) is 13.8. The lowest BCUT2D eigenvalue weighted by Gasteiger charge is -2.41. The Morgan fingerprint density at radius 1 is 1.37 bits per heavy atom. The normalized spacial score (nSPS) is 22.4. The summed E-state index contributed by atoms with van der Waals surface area (Å²) in [4.78, 5) is 13.5. The molecule has 0 aliphatic carbocycles. The van der Waals surface area contributed by atoms with E-state index in [-0.39, 0.29) is 12.6 Å². The van der Waals surface area contributed by atoms with Crippen LogP contribution in [0.3, 0.4) is 0 Å². The third-order valence-corrected chi connectivity index (χ3v) is 3.58. The van der Waals surface area contributed by atoms with Crippen LogP contribution >= 0.6 is 0 Å². The number of carbonyl (C=O) groups is 1. The molecule has 0 spiro atoms. The molecule has 0 radical (unpaired) electrons. The van der Waals surface area contributed by atoms with Crippen molar-refractivity contribution in [3.63, 3.8) is 0 Å². The van der Waals surface area contributed by atoms with Gasteiger partial charge in [0.1, 0.15) is 6.04 Å². The van der Waals surface area contributed by atoms with E-state index in [0.717, 1.165) is 0 Å². The lowest BCUT2D eigenvalue weighted by molar-refractivity contribution is -0.152. The molecule has 1 aromatic rings. The van der Waals surface area contributed by atoms with Crippen LogP contribution in [0.15, 0.2) is 30.3 Å². The summed E-state index contributed by atoms with van der Waals surface area (Å²) in [6.07, 6.45) is 0. The maximum atomic E-state index is 11.4. The standard InChI is InChI=1S/C15H21NO3/c1-11(2)14(12-6-4-3-5-7-12)16-8-9-19-10-13(16)15(17)18/h3-7,11,13-14H,8-10H2,1-2H3,(H,17,18). The van der Waals surface area contributed by atoms with E-state index in [1.54, 1.807) is 0 Å². The zero-order valence-electron chi connectivity index (χ0n) is 11.5. The molecule has 1 heterocycles. The molecule has 1 fully saturated rings. The van der Waals surface area contributed by atoms with E-state index in [0.29, 0.717) is 19.1 Å². The van der Waals surface area contributed by atoms with Gasteiger partial charge in [0.05, 0.1) is 13.2 Å². The average Bonchev–Trinajstić information content (AvgIpc) is 2.40. The molecule has 0 bridgehead atoms. The Bertz CT molecular complexity index is 419. The van der Waals surface area contributed by atoms with Gasteiger partial charge in [0, 0.05) is 12.6 Å². The van der Waals surface area contributed by atoms with Crippen LogP contribution < -0.4 is 0 Å². The highest BCUT2D eigenvalue weighted by molar-refractivity contribution is 5.73. The van der Waals surface area contributed by atoms with Crippen molar-refractivity contribution in [2.75, 3.05) is 19.8 Å². The number of carboxylic acids is 1. The third kappa shape index (κ3) is 3.14. The van der Waals surface area contributed by atoms with Crippen molar-refractivity contribution in [2.24, 2.45) is 5.92 Å². The van der Waals surface area contributed by atoms with Gasteiger partial charge in [0.2, 0.25) is 0 Å². The van der Waals surface area contributed by atoms with Crippen molar-refractivity contribution < 1.29 is 14.6 Å². The summed E-state index contributed by atoms with van der Waals surface area (Å²) in [5, 5.41) is 9.36. The minimum absolute atomic E-state index is 0.117. The number of hydrogen-bond acceptors (Lipinski definition) is 3. The van der Waals surface area contributed by atoms with Crippen molar-refractivity contribution in [3.05, 3.63) is 35.9 Å². The van der Waals surface area contributed by atoms with E-state index in [2.05, 4.69) is 30.9 Å². The summed E-state index contributed by atoms with van der Waals surface area (Å²) in [6, 6.07) is 9.68. The van der Waals surface area contributed by atoms with Crippen LogP contribution in [0.2, 0.25) is 0 Å². The van der Waals surface area contributed by atoms with E-state index in [1.807, 2.05) is 18.2 Å². The van der Waals surface area contributed by atoms with Crippen molar-refractivity contribution in [3.8, 4) is 0 Å². The van der Waals surface area contributed by atoms with Gasteiger partial charge < -0.3 is 9.84 Å². The van der Waals surface area contributed by atoms with Gasteiger partial charge in [-0.15, -0.1) is 0 Å². The predicted octanol–water partition coefficient (Wildman–Crippen LogP) is 2.17. The average molecular weight is 263 g/mol. The molecule has 1 aliphatic heterocycles. The summed E-state index contributed by atoms with van der Waals surface area (Å²) >= 11 is 0. The van der Waals surface area contributed by atoms with Crippen LogP contribution in [-0.2, 0) is 9.53 Å². The van der Waals surface area contributed by atoms with Crippen LogP contribution in [0, 0.1) is 5.92 Å². The van der Waals surface area contributed by atoms with Gasteiger partial charge in [-0.1, -0.05) is 44.2 Å². The van der Waals surface area contributed by atoms with E-state index in [1.165, 1.54) is 5.56 Å². The molecule has 4 heteroatoms. The quantitative estimate of drug-likeness (QED) is 0.904. The zero-order valence-corrected chi connectivity index (χ0v) is 11.5. The van der Waals surface area contributed by atoms with Crippen LogP contribution in [0.4, 0.5) is 0 Å². The second-order valence-electron chi connectivity index (χ2n) is 5.27. The minimum Gasteiger partial charge on any atom is -0.480 e. The van der Waals surface area contributed by atoms with E-state index >= 15 is 0 Å². The number of nitrogens with zero attached hydrogens (tertiary/aromatic N) is 1. The Labute approximate surface area is 114 Å². The first-order valence-corrected chi connectivity index (χ1v) is 6.72. The summed E-state index contributed by atoms with van der Waals surface area (Å²) in [6.45, 7) is 5.79. The molecule has 1 aliphatic rings. The molecule has 0 aromatic heterocycles. The summed E-state index contributed by atoms with van der Waals surface area (Å²) in [7, 11) is 0. The van der Waals surface area contributed by atoms with Gasteiger partial charge in [-0.05, 0) is 11.5 Å². The summed E-state index contributed by atoms with van der Waals surface area (Å²) < 4.78 is 5.32. The van der Waals surface area contributed by atoms with Crippen molar-refractivity contribution in [1.82, 2.24) is 4.90 Å². The number of carboxylic acid groups (broad SMARTS) is 1. The van der Waals surface area contributed by atoms with Gasteiger partial charge >= 0.3 is 5.97 Å². The third-order valence-electron chi connectivity index (χ3n) is 3.58. The molecule has 1 aromatic carbocycles. The lowest BCUT2D eigenvalue weighted by atomic mass is 9.92. The Balaban J connectivity index is 2.30. The summed E-state index contributed by atoms with van der Waals surface area (Å²) in [5.74, 6) is -0.455.